The van der Waals surface area contributed by atoms with Gasteiger partial charge in [-0.2, -0.15) is 0 Å². The SMILES string of the molecule is CCCc1nc(SC)c(C(=O)O)n1Cc1ccc(-c2ccccc2S(=O)(=O)NC(=O)OC)cc1. The van der Waals surface area contributed by atoms with Crippen LogP contribution >= 0.6 is 11.8 Å². The van der Waals surface area contributed by atoms with Crippen LogP contribution in [-0.4, -0.2) is 48.5 Å². The van der Waals surface area contributed by atoms with Gasteiger partial charge in [0.1, 0.15) is 10.9 Å². The number of sulfonamides is 1. The molecule has 1 aromatic heterocycles. The minimum atomic E-state index is -4.14. The lowest BCUT2D eigenvalue weighted by Gasteiger charge is -2.13. The number of ether oxygens (including phenoxy) is 1. The lowest BCUT2D eigenvalue weighted by molar-refractivity contribution is 0.0681. The number of hydrogen-bond donors (Lipinski definition) is 2. The van der Waals surface area contributed by atoms with Gasteiger partial charge >= 0.3 is 12.1 Å². The van der Waals surface area contributed by atoms with Crippen molar-refractivity contribution in [3.05, 3.63) is 65.6 Å². The van der Waals surface area contributed by atoms with E-state index in [0.29, 0.717) is 34.9 Å². The Morgan fingerprint density at radius 2 is 1.82 bits per heavy atom. The van der Waals surface area contributed by atoms with E-state index in [1.54, 1.807) is 41.2 Å². The Labute approximate surface area is 202 Å². The van der Waals surface area contributed by atoms with Gasteiger partial charge in [-0.1, -0.05) is 49.4 Å². The molecule has 0 atom stereocenters. The molecule has 3 rings (SSSR count). The van der Waals surface area contributed by atoms with Crippen LogP contribution in [0.15, 0.2) is 58.5 Å². The summed E-state index contributed by atoms with van der Waals surface area (Å²) in [4.78, 5) is 27.8. The van der Waals surface area contributed by atoms with Crippen LogP contribution in [0.2, 0.25) is 0 Å². The van der Waals surface area contributed by atoms with Gasteiger partial charge in [0.05, 0.1) is 12.0 Å². The first-order chi connectivity index (χ1) is 16.2. The summed E-state index contributed by atoms with van der Waals surface area (Å²) >= 11 is 1.30. The second kappa shape index (κ2) is 10.7. The van der Waals surface area contributed by atoms with Crippen LogP contribution < -0.4 is 4.72 Å². The van der Waals surface area contributed by atoms with Crippen molar-refractivity contribution in [1.82, 2.24) is 14.3 Å². The van der Waals surface area contributed by atoms with Gasteiger partial charge in [0.25, 0.3) is 10.0 Å². The average Bonchev–Trinajstić information content (AvgIpc) is 3.16. The Hall–Kier alpha value is -3.31. The third-order valence-electron chi connectivity index (χ3n) is 5.07. The minimum absolute atomic E-state index is 0.0641. The molecule has 9 nitrogen and oxygen atoms in total. The fraction of sp³-hybridized carbons (Fsp3) is 0.261. The zero-order valence-corrected chi connectivity index (χ0v) is 20.6. The molecule has 0 aliphatic rings. The van der Waals surface area contributed by atoms with Gasteiger partial charge in [-0.15, -0.1) is 11.8 Å². The van der Waals surface area contributed by atoms with E-state index in [9.17, 15) is 23.1 Å². The highest BCUT2D eigenvalue weighted by Gasteiger charge is 2.23. The number of carbonyl (C=O) groups is 2. The maximum absolute atomic E-state index is 12.7. The molecule has 0 aliphatic carbocycles. The molecule has 1 heterocycles. The van der Waals surface area contributed by atoms with Crippen molar-refractivity contribution in [3.8, 4) is 11.1 Å². The summed E-state index contributed by atoms with van der Waals surface area (Å²) in [6.07, 6.45) is 2.20. The summed E-state index contributed by atoms with van der Waals surface area (Å²) in [6, 6.07) is 13.5. The average molecular weight is 504 g/mol. The van der Waals surface area contributed by atoms with Gasteiger partial charge in [-0.25, -0.2) is 27.7 Å². The summed E-state index contributed by atoms with van der Waals surface area (Å²) in [5.74, 6) is -0.327. The van der Waals surface area contributed by atoms with Crippen molar-refractivity contribution >= 4 is 33.8 Å². The Morgan fingerprint density at radius 3 is 2.41 bits per heavy atom. The fourth-order valence-corrected chi connectivity index (χ4v) is 5.26. The third-order valence-corrected chi connectivity index (χ3v) is 7.11. The van der Waals surface area contributed by atoms with Gasteiger partial charge in [0.15, 0.2) is 5.69 Å². The van der Waals surface area contributed by atoms with Crippen LogP contribution in [0.3, 0.4) is 0 Å². The normalized spacial score (nSPS) is 11.3. The summed E-state index contributed by atoms with van der Waals surface area (Å²) in [6.45, 7) is 2.32. The number of benzene rings is 2. The number of methoxy groups -OCH3 is 1. The van der Waals surface area contributed by atoms with Gasteiger partial charge in [-0.05, 0) is 29.9 Å². The van der Waals surface area contributed by atoms with Crippen molar-refractivity contribution in [2.45, 2.75) is 36.2 Å². The fourth-order valence-electron chi connectivity index (χ4n) is 3.53. The molecule has 11 heteroatoms. The molecule has 2 N–H and O–H groups in total. The molecule has 0 fully saturated rings. The number of imidazole rings is 1. The highest BCUT2D eigenvalue weighted by Crippen LogP contribution is 2.28. The van der Waals surface area contributed by atoms with Crippen LogP contribution in [0.5, 0.6) is 0 Å². The number of aromatic carboxylic acids is 1. The van der Waals surface area contributed by atoms with Crippen LogP contribution in [0, 0.1) is 0 Å². The molecule has 2 aromatic carbocycles. The van der Waals surface area contributed by atoms with E-state index in [2.05, 4.69) is 9.72 Å². The van der Waals surface area contributed by atoms with Crippen LogP contribution in [0.1, 0.15) is 35.2 Å². The molecule has 0 radical (unpaired) electrons. The molecular weight excluding hydrogens is 478 g/mol. The van der Waals surface area contributed by atoms with E-state index in [-0.39, 0.29) is 10.6 Å². The second-order valence-electron chi connectivity index (χ2n) is 7.32. The van der Waals surface area contributed by atoms with Crippen molar-refractivity contribution < 1.29 is 27.9 Å². The first-order valence-electron chi connectivity index (χ1n) is 10.4. The van der Waals surface area contributed by atoms with E-state index in [0.717, 1.165) is 19.1 Å². The summed E-state index contributed by atoms with van der Waals surface area (Å²) in [7, 11) is -3.06. The van der Waals surface area contributed by atoms with Crippen molar-refractivity contribution in [3.63, 3.8) is 0 Å². The maximum atomic E-state index is 12.7. The topological polar surface area (TPSA) is 128 Å². The van der Waals surface area contributed by atoms with Gasteiger partial charge in [-0.3, -0.25) is 0 Å². The molecule has 34 heavy (non-hydrogen) atoms. The largest absolute Gasteiger partial charge is 0.476 e. The number of nitrogens with zero attached hydrogens (tertiary/aromatic N) is 2. The van der Waals surface area contributed by atoms with E-state index in [4.69, 9.17) is 0 Å². The number of carbonyl (C=O) groups excluding carboxylic acids is 1. The first-order valence-corrected chi connectivity index (χ1v) is 13.1. The van der Waals surface area contributed by atoms with Crippen LogP contribution in [-0.2, 0) is 27.7 Å². The highest BCUT2D eigenvalue weighted by molar-refractivity contribution is 7.98. The first kappa shape index (κ1) is 25.3. The van der Waals surface area contributed by atoms with Crippen molar-refractivity contribution in [1.29, 1.82) is 0 Å². The molecule has 0 bridgehead atoms. The van der Waals surface area contributed by atoms with Gasteiger partial charge in [0.2, 0.25) is 0 Å². The number of aromatic nitrogens is 2. The Bertz CT molecular complexity index is 1300. The van der Waals surface area contributed by atoms with Gasteiger partial charge in [0, 0.05) is 18.5 Å². The minimum Gasteiger partial charge on any atom is -0.476 e. The Kier molecular flexibility index (Phi) is 8.00. The number of carboxylic acid groups (broad SMARTS) is 1. The number of aryl methyl sites for hydroxylation is 1. The van der Waals surface area contributed by atoms with E-state index < -0.39 is 22.1 Å². The number of nitrogens with one attached hydrogen (secondary N) is 1. The molecule has 3 aromatic rings. The number of carboxylic acids is 1. The molecule has 0 unspecified atom stereocenters. The Balaban J connectivity index is 1.96. The second-order valence-corrected chi connectivity index (χ2v) is 9.76. The van der Waals surface area contributed by atoms with Crippen LogP contribution in [0.25, 0.3) is 11.1 Å². The summed E-state index contributed by atoms with van der Waals surface area (Å²) < 4.78 is 33.3. The molecule has 0 spiro atoms. The van der Waals surface area contributed by atoms with E-state index in [1.807, 2.05) is 23.8 Å². The quantitative estimate of drug-likeness (QED) is 0.419. The standard InChI is InChI=1S/C23H25N3O6S2/c1-4-7-19-24-21(33-3)20(22(27)28)26(19)14-15-10-12-16(13-11-15)17-8-5-6-9-18(17)34(30,31)25-23(29)32-2/h5-6,8-13H,4,7,14H2,1-3H3,(H,25,29)(H,27,28). The highest BCUT2D eigenvalue weighted by atomic mass is 32.2. The predicted octanol–water partition coefficient (Wildman–Crippen LogP) is 4.02. The van der Waals surface area contributed by atoms with Gasteiger partial charge < -0.3 is 14.4 Å². The summed E-state index contributed by atoms with van der Waals surface area (Å²) in [5, 5.41) is 10.2. The lowest BCUT2D eigenvalue weighted by Crippen LogP contribution is -2.30. The molecule has 0 saturated heterocycles. The van der Waals surface area contributed by atoms with Crippen LogP contribution in [0.4, 0.5) is 4.79 Å². The zero-order chi connectivity index (χ0) is 24.9. The number of amides is 1. The van der Waals surface area contributed by atoms with E-state index in [1.165, 1.54) is 17.8 Å². The monoisotopic (exact) mass is 503 g/mol. The van der Waals surface area contributed by atoms with Crippen molar-refractivity contribution in [2.75, 3.05) is 13.4 Å². The Morgan fingerprint density at radius 1 is 1.15 bits per heavy atom. The lowest BCUT2D eigenvalue weighted by atomic mass is 10.0. The molecule has 0 saturated carbocycles. The molecular formula is C23H25N3O6S2. The zero-order valence-electron chi connectivity index (χ0n) is 18.9. The predicted molar refractivity (Wildman–Crippen MR) is 129 cm³/mol. The number of hydrogen-bond acceptors (Lipinski definition) is 7. The maximum Gasteiger partial charge on any atom is 0.420 e. The summed E-state index contributed by atoms with van der Waals surface area (Å²) in [5.41, 5.74) is 2.03. The molecule has 180 valence electrons. The van der Waals surface area contributed by atoms with E-state index >= 15 is 0 Å². The third kappa shape index (κ3) is 5.42. The van der Waals surface area contributed by atoms with Crippen molar-refractivity contribution in [2.24, 2.45) is 0 Å². The number of rotatable bonds is 9. The molecule has 0 aliphatic heterocycles. The number of thioether (sulfide) groups is 1. The smallest absolute Gasteiger partial charge is 0.420 e. The molecule has 1 amide bonds.